The normalized spacial score (nSPS) is 31.4. The number of aliphatic hydroxyl groups excluding tert-OH is 3. The Morgan fingerprint density at radius 3 is 2.64 bits per heavy atom. The number of benzene rings is 1. The van der Waals surface area contributed by atoms with Crippen molar-refractivity contribution in [3.05, 3.63) is 35.4 Å². The molecule has 25 heavy (non-hydrogen) atoms. The van der Waals surface area contributed by atoms with Gasteiger partial charge >= 0.3 is 0 Å². The van der Waals surface area contributed by atoms with Gasteiger partial charge < -0.3 is 20.6 Å². The molecule has 1 fully saturated rings. The molecule has 0 saturated carbocycles. The molecule has 0 radical (unpaired) electrons. The quantitative estimate of drug-likeness (QED) is 0.557. The highest BCUT2D eigenvalue weighted by Crippen LogP contribution is 2.35. The highest BCUT2D eigenvalue weighted by molar-refractivity contribution is 5.86. The maximum Gasteiger partial charge on any atom is 0.227 e. The third-order valence-electron chi connectivity index (χ3n) is 5.60. The standard InChI is InChI=1S/C19H28N2O4/c1-2-3-8-21-15(17(23)18(24)16(21)11-22)10-20-19(25)14-9-12-6-4-5-7-13(12)14/h4-7,14-18,22-24H,2-3,8-11H2,1H3,(H,20,25)/t14?,15-,16-,17-,18-/m1/s1. The lowest BCUT2D eigenvalue weighted by molar-refractivity contribution is -0.123. The average molecular weight is 348 g/mol. The van der Waals surface area contributed by atoms with E-state index in [0.29, 0.717) is 6.54 Å². The van der Waals surface area contributed by atoms with Crippen LogP contribution in [0.1, 0.15) is 36.8 Å². The number of nitrogens with zero attached hydrogens (tertiary/aromatic N) is 1. The number of hydrogen-bond acceptors (Lipinski definition) is 5. The molecular weight excluding hydrogens is 320 g/mol. The van der Waals surface area contributed by atoms with Gasteiger partial charge in [-0.05, 0) is 30.5 Å². The highest BCUT2D eigenvalue weighted by atomic mass is 16.3. The van der Waals surface area contributed by atoms with E-state index in [1.54, 1.807) is 0 Å². The van der Waals surface area contributed by atoms with Crippen LogP contribution in [0.5, 0.6) is 0 Å². The Hall–Kier alpha value is -1.47. The Kier molecular flexibility index (Phi) is 5.74. The molecule has 4 N–H and O–H groups in total. The summed E-state index contributed by atoms with van der Waals surface area (Å²) in [4.78, 5) is 14.4. The number of unbranched alkanes of at least 4 members (excludes halogenated alkanes) is 1. The zero-order valence-electron chi connectivity index (χ0n) is 14.6. The van der Waals surface area contributed by atoms with Gasteiger partial charge in [-0.1, -0.05) is 37.6 Å². The molecule has 3 rings (SSSR count). The first-order valence-electron chi connectivity index (χ1n) is 9.16. The van der Waals surface area contributed by atoms with Gasteiger partial charge in [-0.15, -0.1) is 0 Å². The number of likely N-dealkylation sites (tertiary alicyclic amines) is 1. The van der Waals surface area contributed by atoms with Crippen molar-refractivity contribution in [1.29, 1.82) is 0 Å². The summed E-state index contributed by atoms with van der Waals surface area (Å²) >= 11 is 0. The molecule has 6 heteroatoms. The van der Waals surface area contributed by atoms with E-state index in [0.717, 1.165) is 24.8 Å². The van der Waals surface area contributed by atoms with E-state index in [4.69, 9.17) is 0 Å². The van der Waals surface area contributed by atoms with Gasteiger partial charge in [-0.2, -0.15) is 0 Å². The summed E-state index contributed by atoms with van der Waals surface area (Å²) in [6.45, 7) is 2.82. The van der Waals surface area contributed by atoms with E-state index < -0.39 is 18.2 Å². The minimum absolute atomic E-state index is 0.0386. The minimum atomic E-state index is -0.992. The summed E-state index contributed by atoms with van der Waals surface area (Å²) in [5.74, 6) is -0.166. The van der Waals surface area contributed by atoms with Crippen molar-refractivity contribution in [2.45, 2.75) is 56.4 Å². The molecule has 1 aliphatic carbocycles. The topological polar surface area (TPSA) is 93.0 Å². The van der Waals surface area contributed by atoms with Gasteiger partial charge in [0.05, 0.1) is 36.8 Å². The van der Waals surface area contributed by atoms with Crippen molar-refractivity contribution >= 4 is 5.91 Å². The number of hydrogen-bond donors (Lipinski definition) is 4. The summed E-state index contributed by atoms with van der Waals surface area (Å²) in [7, 11) is 0. The fourth-order valence-electron chi connectivity index (χ4n) is 4.04. The molecular formula is C19H28N2O4. The van der Waals surface area contributed by atoms with E-state index in [2.05, 4.69) is 12.2 Å². The van der Waals surface area contributed by atoms with Crippen LogP contribution in [0.15, 0.2) is 24.3 Å². The van der Waals surface area contributed by atoms with Crippen LogP contribution >= 0.6 is 0 Å². The first-order chi connectivity index (χ1) is 12.1. The van der Waals surface area contributed by atoms with Crippen LogP contribution in [0.4, 0.5) is 0 Å². The van der Waals surface area contributed by atoms with Gasteiger partial charge in [0.2, 0.25) is 5.91 Å². The van der Waals surface area contributed by atoms with Crippen LogP contribution in [-0.4, -0.2) is 70.1 Å². The monoisotopic (exact) mass is 348 g/mol. The minimum Gasteiger partial charge on any atom is -0.395 e. The lowest BCUT2D eigenvalue weighted by atomic mass is 9.77. The fourth-order valence-corrected chi connectivity index (χ4v) is 4.04. The van der Waals surface area contributed by atoms with Crippen molar-refractivity contribution in [3.8, 4) is 0 Å². The van der Waals surface area contributed by atoms with Gasteiger partial charge in [0.25, 0.3) is 0 Å². The highest BCUT2D eigenvalue weighted by Gasteiger charge is 2.47. The summed E-state index contributed by atoms with van der Waals surface area (Å²) in [6.07, 6.45) is 0.683. The molecule has 1 unspecified atom stereocenters. The van der Waals surface area contributed by atoms with Crippen LogP contribution in [0.3, 0.4) is 0 Å². The smallest absolute Gasteiger partial charge is 0.227 e. The number of aliphatic hydroxyl groups is 3. The second-order valence-corrected chi connectivity index (χ2v) is 7.09. The molecule has 1 saturated heterocycles. The van der Waals surface area contributed by atoms with Gasteiger partial charge in [-0.3, -0.25) is 9.69 Å². The average Bonchev–Trinajstić information content (AvgIpc) is 2.82. The molecule has 1 heterocycles. The number of nitrogens with one attached hydrogen (secondary N) is 1. The molecule has 1 aromatic rings. The number of fused-ring (bicyclic) bond motifs is 1. The third-order valence-corrected chi connectivity index (χ3v) is 5.60. The molecule has 0 bridgehead atoms. The predicted octanol–water partition coefficient (Wildman–Crippen LogP) is 0.00950. The van der Waals surface area contributed by atoms with Gasteiger partial charge in [0.15, 0.2) is 0 Å². The van der Waals surface area contributed by atoms with Crippen LogP contribution in [0.25, 0.3) is 0 Å². The predicted molar refractivity (Wildman–Crippen MR) is 94.2 cm³/mol. The van der Waals surface area contributed by atoms with Crippen molar-refractivity contribution in [2.75, 3.05) is 19.7 Å². The molecule has 138 valence electrons. The maximum atomic E-state index is 12.5. The van der Waals surface area contributed by atoms with E-state index in [-0.39, 0.29) is 31.0 Å². The molecule has 1 aliphatic heterocycles. The van der Waals surface area contributed by atoms with Crippen molar-refractivity contribution in [2.24, 2.45) is 0 Å². The Morgan fingerprint density at radius 2 is 1.96 bits per heavy atom. The summed E-state index contributed by atoms with van der Waals surface area (Å²) in [6, 6.07) is 7.07. The van der Waals surface area contributed by atoms with Crippen LogP contribution in [-0.2, 0) is 11.2 Å². The first kappa shape index (κ1) is 18.3. The molecule has 6 nitrogen and oxygen atoms in total. The lowest BCUT2D eigenvalue weighted by Gasteiger charge is -2.32. The first-order valence-corrected chi connectivity index (χ1v) is 9.16. The number of carbonyl (C=O) groups excluding carboxylic acids is 1. The van der Waals surface area contributed by atoms with E-state index in [1.807, 2.05) is 29.2 Å². The molecule has 1 amide bonds. The molecule has 0 aromatic heterocycles. The Balaban J connectivity index is 1.61. The largest absolute Gasteiger partial charge is 0.395 e. The van der Waals surface area contributed by atoms with Gasteiger partial charge in [0.1, 0.15) is 0 Å². The van der Waals surface area contributed by atoms with Crippen LogP contribution in [0, 0.1) is 0 Å². The van der Waals surface area contributed by atoms with E-state index >= 15 is 0 Å². The van der Waals surface area contributed by atoms with Crippen molar-refractivity contribution in [1.82, 2.24) is 10.2 Å². The SMILES string of the molecule is CCCCN1[C@H](CO)[C@@H](O)[C@H](O)[C@H]1CNC(=O)C1Cc2ccccc21. The number of carbonyl (C=O) groups is 1. The Bertz CT molecular complexity index is 609. The van der Waals surface area contributed by atoms with Crippen molar-refractivity contribution < 1.29 is 20.1 Å². The zero-order chi connectivity index (χ0) is 18.0. The molecule has 2 aliphatic rings. The Morgan fingerprint density at radius 1 is 1.24 bits per heavy atom. The second-order valence-electron chi connectivity index (χ2n) is 7.09. The summed E-state index contributed by atoms with van der Waals surface area (Å²) in [5, 5.41) is 33.1. The molecule has 0 spiro atoms. The van der Waals surface area contributed by atoms with Crippen LogP contribution in [0.2, 0.25) is 0 Å². The van der Waals surface area contributed by atoms with E-state index in [9.17, 15) is 20.1 Å². The number of rotatable bonds is 7. The summed E-state index contributed by atoms with van der Waals surface area (Å²) in [5.41, 5.74) is 2.28. The molecule has 1 aromatic carbocycles. The van der Waals surface area contributed by atoms with Gasteiger partial charge in [-0.25, -0.2) is 0 Å². The summed E-state index contributed by atoms with van der Waals surface area (Å²) < 4.78 is 0. The van der Waals surface area contributed by atoms with Gasteiger partial charge in [0, 0.05) is 6.54 Å². The second kappa shape index (κ2) is 7.83. The number of amides is 1. The fraction of sp³-hybridized carbons (Fsp3) is 0.632. The maximum absolute atomic E-state index is 12.5. The third kappa shape index (κ3) is 3.44. The van der Waals surface area contributed by atoms with Crippen molar-refractivity contribution in [3.63, 3.8) is 0 Å². The zero-order valence-corrected chi connectivity index (χ0v) is 14.6. The molecule has 5 atom stereocenters. The lowest BCUT2D eigenvalue weighted by Crippen LogP contribution is -2.49. The Labute approximate surface area is 148 Å². The van der Waals surface area contributed by atoms with Crippen LogP contribution < -0.4 is 5.32 Å². The van der Waals surface area contributed by atoms with E-state index in [1.165, 1.54) is 5.56 Å².